The Morgan fingerprint density at radius 3 is 2.75 bits per heavy atom. The van der Waals surface area contributed by atoms with Crippen LogP contribution in [0.15, 0.2) is 18.2 Å². The monoisotopic (exact) mass is 184 g/mol. The van der Waals surface area contributed by atoms with E-state index in [2.05, 4.69) is 0 Å². The Bertz CT molecular complexity index is 312. The highest BCUT2D eigenvalue weighted by molar-refractivity contribution is 6.31. The summed E-state index contributed by atoms with van der Waals surface area (Å²) < 4.78 is 0. The summed E-state index contributed by atoms with van der Waals surface area (Å²) in [4.78, 5) is 11.1. The number of ketones is 1. The van der Waals surface area contributed by atoms with Gasteiger partial charge in [-0.2, -0.15) is 0 Å². The predicted molar refractivity (Wildman–Crippen MR) is 49.2 cm³/mol. The molecular weight excluding hydrogens is 176 g/mol. The van der Waals surface area contributed by atoms with Crippen LogP contribution < -0.4 is 11.5 Å². The van der Waals surface area contributed by atoms with Gasteiger partial charge >= 0.3 is 0 Å². The maximum Gasteiger partial charge on any atom is 0.178 e. The van der Waals surface area contributed by atoms with Gasteiger partial charge < -0.3 is 11.5 Å². The molecule has 0 heterocycles. The molecule has 0 aliphatic heterocycles. The molecule has 0 aromatic heterocycles. The van der Waals surface area contributed by atoms with Crippen molar-refractivity contribution in [2.45, 2.75) is 0 Å². The number of rotatable bonds is 2. The molecule has 1 rings (SSSR count). The molecule has 0 atom stereocenters. The molecular formula is C8H9ClN2O. The van der Waals surface area contributed by atoms with Gasteiger partial charge in [0.05, 0.1) is 6.54 Å². The van der Waals surface area contributed by atoms with Crippen LogP contribution in [0.2, 0.25) is 5.02 Å². The molecule has 4 N–H and O–H groups in total. The van der Waals surface area contributed by atoms with Gasteiger partial charge in [-0.15, -0.1) is 0 Å². The van der Waals surface area contributed by atoms with E-state index >= 15 is 0 Å². The van der Waals surface area contributed by atoms with Crippen molar-refractivity contribution in [1.29, 1.82) is 0 Å². The van der Waals surface area contributed by atoms with Crippen LogP contribution in [0.4, 0.5) is 5.69 Å². The highest BCUT2D eigenvalue weighted by Crippen LogP contribution is 2.17. The molecule has 1 aromatic carbocycles. The van der Waals surface area contributed by atoms with Gasteiger partial charge in [-0.1, -0.05) is 11.6 Å². The molecule has 0 bridgehead atoms. The summed E-state index contributed by atoms with van der Waals surface area (Å²) >= 11 is 5.67. The zero-order chi connectivity index (χ0) is 9.14. The van der Waals surface area contributed by atoms with Crippen molar-refractivity contribution in [1.82, 2.24) is 0 Å². The van der Waals surface area contributed by atoms with Gasteiger partial charge in [-0.25, -0.2) is 0 Å². The van der Waals surface area contributed by atoms with Gasteiger partial charge in [0.1, 0.15) is 0 Å². The topological polar surface area (TPSA) is 69.1 Å². The molecule has 12 heavy (non-hydrogen) atoms. The fourth-order valence-electron chi connectivity index (χ4n) is 0.880. The largest absolute Gasteiger partial charge is 0.398 e. The Labute approximate surface area is 75.3 Å². The maximum absolute atomic E-state index is 11.1. The van der Waals surface area contributed by atoms with E-state index < -0.39 is 0 Å². The average Bonchev–Trinajstić information content (AvgIpc) is 2.08. The van der Waals surface area contributed by atoms with Crippen molar-refractivity contribution in [3.63, 3.8) is 0 Å². The lowest BCUT2D eigenvalue weighted by Gasteiger charge is -2.02. The van der Waals surface area contributed by atoms with Crippen LogP contribution in [-0.2, 0) is 0 Å². The number of carbonyl (C=O) groups excluding carboxylic acids is 1. The lowest BCUT2D eigenvalue weighted by atomic mass is 10.1. The molecule has 0 saturated carbocycles. The molecule has 0 spiro atoms. The molecule has 4 heteroatoms. The molecule has 0 aliphatic carbocycles. The van der Waals surface area contributed by atoms with Gasteiger partial charge in [0.25, 0.3) is 0 Å². The Hall–Kier alpha value is -1.06. The van der Waals surface area contributed by atoms with Crippen molar-refractivity contribution in [2.24, 2.45) is 5.73 Å². The van der Waals surface area contributed by atoms with Crippen molar-refractivity contribution in [3.05, 3.63) is 28.8 Å². The first-order chi connectivity index (χ1) is 5.65. The standard InChI is InChI=1S/C8H9ClN2O/c9-5-1-2-7(11)6(3-5)8(12)4-10/h1-3H,4,10-11H2. The number of carbonyl (C=O) groups is 1. The molecule has 0 radical (unpaired) electrons. The van der Waals surface area contributed by atoms with Gasteiger partial charge in [0.2, 0.25) is 0 Å². The van der Waals surface area contributed by atoms with Crippen LogP contribution in [0.5, 0.6) is 0 Å². The Morgan fingerprint density at radius 1 is 1.50 bits per heavy atom. The normalized spacial score (nSPS) is 9.83. The SMILES string of the molecule is NCC(=O)c1cc(Cl)ccc1N. The second-order valence-corrected chi connectivity index (χ2v) is 2.80. The fraction of sp³-hybridized carbons (Fsp3) is 0.125. The number of nitrogens with two attached hydrogens (primary N) is 2. The first-order valence-electron chi connectivity index (χ1n) is 3.43. The molecule has 0 aliphatic rings. The minimum absolute atomic E-state index is 0.0510. The van der Waals surface area contributed by atoms with E-state index in [0.29, 0.717) is 16.3 Å². The molecule has 64 valence electrons. The van der Waals surface area contributed by atoms with Crippen molar-refractivity contribution in [2.75, 3.05) is 12.3 Å². The summed E-state index contributed by atoms with van der Waals surface area (Å²) in [6.07, 6.45) is 0. The third kappa shape index (κ3) is 1.75. The van der Waals surface area contributed by atoms with Crippen LogP contribution >= 0.6 is 11.6 Å². The summed E-state index contributed by atoms with van der Waals surface area (Å²) in [5, 5.41) is 0.487. The van der Waals surface area contributed by atoms with E-state index in [4.69, 9.17) is 23.1 Å². The van der Waals surface area contributed by atoms with Gasteiger partial charge in [-0.3, -0.25) is 4.79 Å². The summed E-state index contributed by atoms with van der Waals surface area (Å²) in [6, 6.07) is 4.74. The van der Waals surface area contributed by atoms with Crippen molar-refractivity contribution >= 4 is 23.1 Å². The fourth-order valence-corrected chi connectivity index (χ4v) is 1.05. The van der Waals surface area contributed by atoms with E-state index in [0.717, 1.165) is 0 Å². The molecule has 0 unspecified atom stereocenters. The zero-order valence-electron chi connectivity index (χ0n) is 6.38. The summed E-state index contributed by atoms with van der Waals surface area (Å²) in [5.41, 5.74) is 11.5. The Balaban J connectivity index is 3.13. The van der Waals surface area contributed by atoms with Crippen LogP contribution in [0.3, 0.4) is 0 Å². The first kappa shape index (κ1) is 9.03. The van der Waals surface area contributed by atoms with Crippen molar-refractivity contribution < 1.29 is 4.79 Å². The third-order valence-electron chi connectivity index (χ3n) is 1.50. The predicted octanol–water partition coefficient (Wildman–Crippen LogP) is 1.06. The smallest absolute Gasteiger partial charge is 0.178 e. The van der Waals surface area contributed by atoms with Gasteiger partial charge in [-0.05, 0) is 18.2 Å². The highest BCUT2D eigenvalue weighted by Gasteiger charge is 2.07. The lowest BCUT2D eigenvalue weighted by Crippen LogP contribution is -2.15. The Morgan fingerprint density at radius 2 is 2.17 bits per heavy atom. The van der Waals surface area contributed by atoms with Gasteiger partial charge in [0, 0.05) is 16.3 Å². The maximum atomic E-state index is 11.1. The number of nitrogen functional groups attached to an aromatic ring is 1. The van der Waals surface area contributed by atoms with Gasteiger partial charge in [0.15, 0.2) is 5.78 Å². The van der Waals surface area contributed by atoms with E-state index in [1.54, 1.807) is 12.1 Å². The van der Waals surface area contributed by atoms with Crippen LogP contribution in [0.1, 0.15) is 10.4 Å². The molecule has 0 saturated heterocycles. The minimum Gasteiger partial charge on any atom is -0.398 e. The number of benzene rings is 1. The number of hydrogen-bond donors (Lipinski definition) is 2. The Kier molecular flexibility index (Phi) is 2.68. The summed E-state index contributed by atoms with van der Waals surface area (Å²) in [5.74, 6) is -0.199. The second kappa shape index (κ2) is 3.56. The van der Waals surface area contributed by atoms with E-state index in [1.165, 1.54) is 6.07 Å². The van der Waals surface area contributed by atoms with Crippen LogP contribution in [0.25, 0.3) is 0 Å². The number of hydrogen-bond acceptors (Lipinski definition) is 3. The van der Waals surface area contributed by atoms with E-state index in [-0.39, 0.29) is 12.3 Å². The molecule has 3 nitrogen and oxygen atoms in total. The zero-order valence-corrected chi connectivity index (χ0v) is 7.14. The number of halogens is 1. The van der Waals surface area contributed by atoms with Crippen LogP contribution in [-0.4, -0.2) is 12.3 Å². The quantitative estimate of drug-likeness (QED) is 0.534. The van der Waals surface area contributed by atoms with Crippen molar-refractivity contribution in [3.8, 4) is 0 Å². The lowest BCUT2D eigenvalue weighted by molar-refractivity contribution is 0.100. The number of Topliss-reactive ketones (excluding diaryl/α,β-unsaturated/α-hetero) is 1. The molecule has 0 amide bonds. The number of anilines is 1. The van der Waals surface area contributed by atoms with E-state index in [9.17, 15) is 4.79 Å². The third-order valence-corrected chi connectivity index (χ3v) is 1.74. The molecule has 1 aromatic rings. The first-order valence-corrected chi connectivity index (χ1v) is 3.81. The van der Waals surface area contributed by atoms with E-state index in [1.807, 2.05) is 0 Å². The summed E-state index contributed by atoms with van der Waals surface area (Å²) in [7, 11) is 0. The molecule has 0 fully saturated rings. The second-order valence-electron chi connectivity index (χ2n) is 2.36. The summed E-state index contributed by atoms with van der Waals surface area (Å²) in [6.45, 7) is -0.0510. The highest BCUT2D eigenvalue weighted by atomic mass is 35.5. The van der Waals surface area contributed by atoms with Crippen LogP contribution in [0, 0.1) is 0 Å². The minimum atomic E-state index is -0.199. The average molecular weight is 185 g/mol.